The Balaban J connectivity index is 1.85. The Morgan fingerprint density at radius 3 is 2.90 bits per heavy atom. The van der Waals surface area contributed by atoms with Gasteiger partial charge in [-0.2, -0.15) is 0 Å². The van der Waals surface area contributed by atoms with Gasteiger partial charge < -0.3 is 15.3 Å². The van der Waals surface area contributed by atoms with Crippen LogP contribution in [0.5, 0.6) is 5.75 Å². The van der Waals surface area contributed by atoms with E-state index in [4.69, 9.17) is 0 Å². The van der Waals surface area contributed by atoms with Gasteiger partial charge in [-0.05, 0) is 25.0 Å². The van der Waals surface area contributed by atoms with E-state index in [1.54, 1.807) is 23.1 Å². The molecule has 114 valence electrons. The lowest BCUT2D eigenvalue weighted by Gasteiger charge is -2.33. The van der Waals surface area contributed by atoms with Crippen LogP contribution in [0.2, 0.25) is 0 Å². The average molecular weight is 308 g/mol. The molecular weight excluding hydrogens is 288 g/mol. The molecule has 1 aromatic carbocycles. The minimum absolute atomic E-state index is 0.0401. The second kappa shape index (κ2) is 7.36. The van der Waals surface area contributed by atoms with E-state index in [2.05, 4.69) is 5.32 Å². The van der Waals surface area contributed by atoms with Crippen LogP contribution < -0.4 is 5.32 Å². The molecule has 2 amide bonds. The largest absolute Gasteiger partial charge is 0.507 e. The van der Waals surface area contributed by atoms with Gasteiger partial charge in [0.05, 0.1) is 5.75 Å². The molecule has 0 spiro atoms. The zero-order valence-electron chi connectivity index (χ0n) is 12.0. The van der Waals surface area contributed by atoms with Gasteiger partial charge in [0.15, 0.2) is 0 Å². The number of carbonyl (C=O) groups is 2. The number of rotatable bonds is 4. The first-order valence-corrected chi connectivity index (χ1v) is 8.00. The monoisotopic (exact) mass is 308 g/mol. The number of amides is 2. The fraction of sp³-hybridized carbons (Fsp3) is 0.467. The van der Waals surface area contributed by atoms with Crippen LogP contribution in [0.1, 0.15) is 19.8 Å². The van der Waals surface area contributed by atoms with Crippen LogP contribution in [-0.4, -0.2) is 46.7 Å². The number of para-hydroxylation sites is 1. The Labute approximate surface area is 128 Å². The molecule has 2 rings (SSSR count). The zero-order valence-corrected chi connectivity index (χ0v) is 12.9. The molecule has 0 bridgehead atoms. The molecule has 1 saturated heterocycles. The van der Waals surface area contributed by atoms with Gasteiger partial charge in [0.1, 0.15) is 5.75 Å². The van der Waals surface area contributed by atoms with Crippen molar-refractivity contribution in [3.63, 3.8) is 0 Å². The van der Waals surface area contributed by atoms with Gasteiger partial charge in [0.25, 0.3) is 0 Å². The van der Waals surface area contributed by atoms with E-state index in [9.17, 15) is 14.7 Å². The SMILES string of the molecule is CC(=O)NC1CCCN(C(=O)CSc2ccccc2O)C1. The van der Waals surface area contributed by atoms with Gasteiger partial charge in [-0.25, -0.2) is 0 Å². The predicted octanol–water partition coefficient (Wildman–Crippen LogP) is 1.61. The molecular formula is C15H20N2O3S. The average Bonchev–Trinajstić information content (AvgIpc) is 2.45. The summed E-state index contributed by atoms with van der Waals surface area (Å²) in [6, 6.07) is 7.05. The highest BCUT2D eigenvalue weighted by Crippen LogP contribution is 2.28. The van der Waals surface area contributed by atoms with Crippen LogP contribution in [0.15, 0.2) is 29.2 Å². The number of nitrogens with zero attached hydrogens (tertiary/aromatic N) is 1. The van der Waals surface area contributed by atoms with Crippen molar-refractivity contribution in [3.05, 3.63) is 24.3 Å². The van der Waals surface area contributed by atoms with Crippen molar-refractivity contribution in [2.45, 2.75) is 30.7 Å². The van der Waals surface area contributed by atoms with Crippen LogP contribution in [0, 0.1) is 0 Å². The number of carbonyl (C=O) groups excluding carboxylic acids is 2. The zero-order chi connectivity index (χ0) is 15.2. The number of hydrogen-bond donors (Lipinski definition) is 2. The number of nitrogens with one attached hydrogen (secondary N) is 1. The predicted molar refractivity (Wildman–Crippen MR) is 82.2 cm³/mol. The molecule has 0 radical (unpaired) electrons. The first kappa shape index (κ1) is 15.7. The number of hydrogen-bond acceptors (Lipinski definition) is 4. The first-order chi connectivity index (χ1) is 10.1. The lowest BCUT2D eigenvalue weighted by Crippen LogP contribution is -2.49. The maximum Gasteiger partial charge on any atom is 0.233 e. The van der Waals surface area contributed by atoms with Gasteiger partial charge in [-0.3, -0.25) is 9.59 Å². The van der Waals surface area contributed by atoms with Crippen molar-refractivity contribution < 1.29 is 14.7 Å². The van der Waals surface area contributed by atoms with Crippen LogP contribution in [0.25, 0.3) is 0 Å². The fourth-order valence-electron chi connectivity index (χ4n) is 2.42. The lowest BCUT2D eigenvalue weighted by molar-refractivity contribution is -0.130. The molecule has 1 fully saturated rings. The second-order valence-electron chi connectivity index (χ2n) is 5.14. The maximum atomic E-state index is 12.2. The summed E-state index contributed by atoms with van der Waals surface area (Å²) >= 11 is 1.34. The number of benzene rings is 1. The molecule has 2 N–H and O–H groups in total. The van der Waals surface area contributed by atoms with Crippen molar-refractivity contribution in [1.82, 2.24) is 10.2 Å². The standard InChI is InChI=1S/C15H20N2O3S/c1-11(18)16-12-5-4-8-17(9-12)15(20)10-21-14-7-3-2-6-13(14)19/h2-3,6-7,12,19H,4-5,8-10H2,1H3,(H,16,18). The highest BCUT2D eigenvalue weighted by molar-refractivity contribution is 8.00. The van der Waals surface area contributed by atoms with Crippen molar-refractivity contribution in [1.29, 1.82) is 0 Å². The summed E-state index contributed by atoms with van der Waals surface area (Å²) in [4.78, 5) is 25.8. The quantitative estimate of drug-likeness (QED) is 0.829. The van der Waals surface area contributed by atoms with Crippen molar-refractivity contribution >= 4 is 23.6 Å². The van der Waals surface area contributed by atoms with Gasteiger partial charge in [0, 0.05) is 31.0 Å². The number of piperidine rings is 1. The fourth-order valence-corrected chi connectivity index (χ4v) is 3.27. The number of phenols is 1. The van der Waals surface area contributed by atoms with Gasteiger partial charge in [-0.1, -0.05) is 12.1 Å². The molecule has 1 aliphatic heterocycles. The van der Waals surface area contributed by atoms with E-state index in [1.807, 2.05) is 6.07 Å². The molecule has 1 aliphatic rings. The third-order valence-corrected chi connectivity index (χ3v) is 4.45. The third-order valence-electron chi connectivity index (χ3n) is 3.40. The van der Waals surface area contributed by atoms with E-state index in [-0.39, 0.29) is 23.6 Å². The Bertz CT molecular complexity index is 521. The third kappa shape index (κ3) is 4.67. The molecule has 5 nitrogen and oxygen atoms in total. The summed E-state index contributed by atoms with van der Waals surface area (Å²) < 4.78 is 0. The lowest BCUT2D eigenvalue weighted by atomic mass is 10.1. The molecule has 1 unspecified atom stereocenters. The maximum absolute atomic E-state index is 12.2. The van der Waals surface area contributed by atoms with E-state index < -0.39 is 0 Å². The van der Waals surface area contributed by atoms with Gasteiger partial charge in [-0.15, -0.1) is 11.8 Å². The molecule has 1 atom stereocenters. The minimum atomic E-state index is -0.0575. The summed E-state index contributed by atoms with van der Waals surface area (Å²) in [5.74, 6) is 0.478. The molecule has 0 aliphatic carbocycles. The minimum Gasteiger partial charge on any atom is -0.507 e. The Morgan fingerprint density at radius 1 is 1.43 bits per heavy atom. The Hall–Kier alpha value is -1.69. The Morgan fingerprint density at radius 2 is 2.19 bits per heavy atom. The smallest absolute Gasteiger partial charge is 0.233 e. The first-order valence-electron chi connectivity index (χ1n) is 7.02. The Kier molecular flexibility index (Phi) is 5.50. The van der Waals surface area contributed by atoms with Gasteiger partial charge >= 0.3 is 0 Å². The summed E-state index contributed by atoms with van der Waals surface area (Å²) in [7, 11) is 0. The van der Waals surface area contributed by atoms with Gasteiger partial charge in [0.2, 0.25) is 11.8 Å². The summed E-state index contributed by atoms with van der Waals surface area (Å²) in [6.07, 6.45) is 1.81. The van der Waals surface area contributed by atoms with Crippen LogP contribution in [-0.2, 0) is 9.59 Å². The van der Waals surface area contributed by atoms with E-state index in [1.165, 1.54) is 18.7 Å². The molecule has 1 heterocycles. The number of aromatic hydroxyl groups is 1. The van der Waals surface area contributed by atoms with Crippen molar-refractivity contribution in [2.75, 3.05) is 18.8 Å². The number of thioether (sulfide) groups is 1. The summed E-state index contributed by atoms with van der Waals surface area (Å²) in [5, 5.41) is 12.6. The molecule has 21 heavy (non-hydrogen) atoms. The van der Waals surface area contributed by atoms with Crippen LogP contribution in [0.4, 0.5) is 0 Å². The topological polar surface area (TPSA) is 69.6 Å². The molecule has 1 aromatic rings. The molecule has 0 aromatic heterocycles. The number of phenolic OH excluding ortho intramolecular Hbond substituents is 1. The second-order valence-corrected chi connectivity index (χ2v) is 6.15. The molecule has 6 heteroatoms. The normalized spacial score (nSPS) is 18.3. The van der Waals surface area contributed by atoms with E-state index >= 15 is 0 Å². The van der Waals surface area contributed by atoms with Crippen molar-refractivity contribution in [2.24, 2.45) is 0 Å². The van der Waals surface area contributed by atoms with Crippen molar-refractivity contribution in [3.8, 4) is 5.75 Å². The summed E-state index contributed by atoms with van der Waals surface area (Å²) in [6.45, 7) is 2.80. The number of likely N-dealkylation sites (tertiary alicyclic amines) is 1. The van der Waals surface area contributed by atoms with E-state index in [0.717, 1.165) is 19.4 Å². The highest BCUT2D eigenvalue weighted by atomic mass is 32.2. The van der Waals surface area contributed by atoms with Crippen LogP contribution in [0.3, 0.4) is 0 Å². The molecule has 0 saturated carbocycles. The highest BCUT2D eigenvalue weighted by Gasteiger charge is 2.24. The van der Waals surface area contributed by atoms with E-state index in [0.29, 0.717) is 17.2 Å². The van der Waals surface area contributed by atoms with Crippen LogP contribution >= 0.6 is 11.8 Å². The summed E-state index contributed by atoms with van der Waals surface area (Å²) in [5.41, 5.74) is 0.